The van der Waals surface area contributed by atoms with Gasteiger partial charge in [0.05, 0.1) is 19.8 Å². The Morgan fingerprint density at radius 1 is 1.32 bits per heavy atom. The summed E-state index contributed by atoms with van der Waals surface area (Å²) < 4.78 is 15.9. The van der Waals surface area contributed by atoms with E-state index in [9.17, 15) is 9.90 Å². The van der Waals surface area contributed by atoms with Crippen LogP contribution in [0.3, 0.4) is 0 Å². The van der Waals surface area contributed by atoms with Crippen LogP contribution >= 0.6 is 0 Å². The van der Waals surface area contributed by atoms with Crippen LogP contribution in [0, 0.1) is 0 Å². The van der Waals surface area contributed by atoms with E-state index in [1.165, 1.54) is 0 Å². The summed E-state index contributed by atoms with van der Waals surface area (Å²) in [6.45, 7) is 3.33. The van der Waals surface area contributed by atoms with Crippen molar-refractivity contribution in [3.05, 3.63) is 24.3 Å². The van der Waals surface area contributed by atoms with Crippen LogP contribution in [0.4, 0.5) is 0 Å². The fourth-order valence-electron chi connectivity index (χ4n) is 2.34. The molecule has 1 heterocycles. The highest BCUT2D eigenvalue weighted by atomic mass is 16.6. The van der Waals surface area contributed by atoms with Gasteiger partial charge in [-0.05, 0) is 38.3 Å². The average molecular weight is 308 g/mol. The summed E-state index contributed by atoms with van der Waals surface area (Å²) in [6.07, 6.45) is 4.71. The van der Waals surface area contributed by atoms with E-state index < -0.39 is 5.60 Å². The van der Waals surface area contributed by atoms with Gasteiger partial charge in [-0.2, -0.15) is 0 Å². The molecular formula is C17H24O5. The molecule has 1 aromatic carbocycles. The summed E-state index contributed by atoms with van der Waals surface area (Å²) in [4.78, 5) is 11.7. The first kappa shape index (κ1) is 16.6. The highest BCUT2D eigenvalue weighted by molar-refractivity contribution is 5.82. The van der Waals surface area contributed by atoms with Crippen molar-refractivity contribution < 1.29 is 24.1 Å². The Hall–Kier alpha value is -1.75. The van der Waals surface area contributed by atoms with Crippen LogP contribution in [0.1, 0.15) is 39.0 Å². The second-order valence-electron chi connectivity index (χ2n) is 5.51. The van der Waals surface area contributed by atoms with E-state index in [0.29, 0.717) is 25.6 Å². The van der Waals surface area contributed by atoms with Crippen LogP contribution in [0.5, 0.6) is 11.5 Å². The number of epoxide rings is 1. The van der Waals surface area contributed by atoms with Crippen LogP contribution < -0.4 is 4.74 Å². The van der Waals surface area contributed by atoms with Crippen molar-refractivity contribution in [1.82, 2.24) is 0 Å². The predicted octanol–water partition coefficient (Wildman–Crippen LogP) is 3.05. The fraction of sp³-hybridized carbons (Fsp3) is 0.588. The normalized spacial score (nSPS) is 19.7. The molecule has 1 fully saturated rings. The molecule has 0 amide bonds. The number of phenols is 1. The number of aromatic hydroxyl groups is 1. The molecule has 2 rings (SSSR count). The number of benzene rings is 1. The quantitative estimate of drug-likeness (QED) is 0.409. The van der Waals surface area contributed by atoms with E-state index in [1.54, 1.807) is 25.1 Å². The number of hydrogen-bond donors (Lipinski definition) is 1. The molecule has 1 unspecified atom stereocenters. The van der Waals surface area contributed by atoms with E-state index >= 15 is 0 Å². The third kappa shape index (κ3) is 4.91. The molecule has 0 aromatic heterocycles. The number of carbonyl (C=O) groups excluding carboxylic acids is 1. The summed E-state index contributed by atoms with van der Waals surface area (Å²) in [6, 6.07) is 6.81. The maximum atomic E-state index is 11.7. The molecule has 1 atom stereocenters. The van der Waals surface area contributed by atoms with Gasteiger partial charge in [-0.1, -0.05) is 18.9 Å². The molecule has 1 N–H and O–H groups in total. The predicted molar refractivity (Wildman–Crippen MR) is 82.0 cm³/mol. The summed E-state index contributed by atoms with van der Waals surface area (Å²) in [7, 11) is 0. The maximum absolute atomic E-state index is 11.7. The van der Waals surface area contributed by atoms with Gasteiger partial charge in [-0.3, -0.25) is 0 Å². The molecule has 0 radical (unpaired) electrons. The zero-order valence-corrected chi connectivity index (χ0v) is 13.0. The number of phenolic OH excluding ortho intramolecular Hbond substituents is 1. The largest absolute Gasteiger partial charge is 0.508 e. The van der Waals surface area contributed by atoms with Gasteiger partial charge in [0.1, 0.15) is 11.5 Å². The van der Waals surface area contributed by atoms with Gasteiger partial charge in [0, 0.05) is 6.07 Å². The lowest BCUT2D eigenvalue weighted by Crippen LogP contribution is -2.27. The lowest BCUT2D eigenvalue weighted by atomic mass is 10.0. The molecule has 0 spiro atoms. The lowest BCUT2D eigenvalue weighted by molar-refractivity contribution is -0.149. The molecular weight excluding hydrogens is 284 g/mol. The monoisotopic (exact) mass is 308 g/mol. The first-order valence-electron chi connectivity index (χ1n) is 7.89. The molecule has 0 bridgehead atoms. The number of hydrogen-bond acceptors (Lipinski definition) is 5. The van der Waals surface area contributed by atoms with Crippen LogP contribution in [0.15, 0.2) is 24.3 Å². The molecule has 1 aromatic rings. The van der Waals surface area contributed by atoms with Crippen molar-refractivity contribution in [2.24, 2.45) is 0 Å². The van der Waals surface area contributed by atoms with E-state index in [0.717, 1.165) is 32.1 Å². The van der Waals surface area contributed by atoms with Crippen molar-refractivity contribution in [3.8, 4) is 11.5 Å². The zero-order valence-electron chi connectivity index (χ0n) is 13.0. The topological polar surface area (TPSA) is 68.3 Å². The van der Waals surface area contributed by atoms with Crippen LogP contribution in [0.2, 0.25) is 0 Å². The van der Waals surface area contributed by atoms with Gasteiger partial charge in [0.2, 0.25) is 0 Å². The lowest BCUT2D eigenvalue weighted by Gasteiger charge is -2.10. The van der Waals surface area contributed by atoms with Crippen LogP contribution in [0.25, 0.3) is 0 Å². The van der Waals surface area contributed by atoms with Crippen molar-refractivity contribution in [2.75, 3.05) is 19.8 Å². The van der Waals surface area contributed by atoms with Crippen molar-refractivity contribution in [1.29, 1.82) is 0 Å². The Kier molecular flexibility index (Phi) is 6.07. The third-order valence-corrected chi connectivity index (χ3v) is 3.70. The van der Waals surface area contributed by atoms with Gasteiger partial charge >= 0.3 is 5.97 Å². The molecule has 5 heteroatoms. The van der Waals surface area contributed by atoms with Gasteiger partial charge in [-0.25, -0.2) is 4.79 Å². The number of rotatable bonds is 10. The van der Waals surface area contributed by atoms with E-state index in [4.69, 9.17) is 14.2 Å². The maximum Gasteiger partial charge on any atom is 0.340 e. The SMILES string of the molecule is CCOC(=O)C1(CCCCCCOc2cccc(O)c2)CO1. The highest BCUT2D eigenvalue weighted by Gasteiger charge is 2.52. The molecule has 5 nitrogen and oxygen atoms in total. The van der Waals surface area contributed by atoms with E-state index in [-0.39, 0.29) is 11.7 Å². The fourth-order valence-corrected chi connectivity index (χ4v) is 2.34. The summed E-state index contributed by atoms with van der Waals surface area (Å²) in [5, 5.41) is 9.32. The van der Waals surface area contributed by atoms with Gasteiger partial charge in [0.25, 0.3) is 0 Å². The average Bonchev–Trinajstić information content (AvgIpc) is 3.28. The Bertz CT molecular complexity index is 482. The van der Waals surface area contributed by atoms with Crippen molar-refractivity contribution >= 4 is 5.97 Å². The Morgan fingerprint density at radius 3 is 2.77 bits per heavy atom. The van der Waals surface area contributed by atoms with Gasteiger partial charge < -0.3 is 19.3 Å². The highest BCUT2D eigenvalue weighted by Crippen LogP contribution is 2.34. The Balaban J connectivity index is 1.52. The summed E-state index contributed by atoms with van der Waals surface area (Å²) >= 11 is 0. The van der Waals surface area contributed by atoms with Gasteiger partial charge in [0.15, 0.2) is 5.60 Å². The summed E-state index contributed by atoms with van der Waals surface area (Å²) in [5.41, 5.74) is -0.645. The van der Waals surface area contributed by atoms with Crippen LogP contribution in [-0.4, -0.2) is 36.5 Å². The summed E-state index contributed by atoms with van der Waals surface area (Å²) in [5.74, 6) is 0.682. The molecule has 1 aliphatic heterocycles. The van der Waals surface area contributed by atoms with E-state index in [2.05, 4.69) is 0 Å². The van der Waals surface area contributed by atoms with Gasteiger partial charge in [-0.15, -0.1) is 0 Å². The molecule has 1 aliphatic rings. The third-order valence-electron chi connectivity index (χ3n) is 3.70. The zero-order chi connectivity index (χ0) is 15.8. The number of esters is 1. The smallest absolute Gasteiger partial charge is 0.340 e. The standard InChI is InChI=1S/C17H24O5/c1-2-20-16(19)17(13-22-17)10-5-3-4-6-11-21-15-9-7-8-14(18)12-15/h7-9,12,18H,2-6,10-11,13H2,1H3. The minimum atomic E-state index is -0.645. The molecule has 1 saturated heterocycles. The second kappa shape index (κ2) is 8.03. The Morgan fingerprint density at radius 2 is 2.09 bits per heavy atom. The van der Waals surface area contributed by atoms with Crippen molar-refractivity contribution in [3.63, 3.8) is 0 Å². The van der Waals surface area contributed by atoms with Crippen molar-refractivity contribution in [2.45, 2.75) is 44.6 Å². The minimum absolute atomic E-state index is 0.214. The van der Waals surface area contributed by atoms with Crippen LogP contribution in [-0.2, 0) is 14.3 Å². The first-order chi connectivity index (χ1) is 10.7. The second-order valence-corrected chi connectivity index (χ2v) is 5.51. The minimum Gasteiger partial charge on any atom is -0.508 e. The first-order valence-corrected chi connectivity index (χ1v) is 7.89. The number of unbranched alkanes of at least 4 members (excludes halogenated alkanes) is 3. The number of carbonyl (C=O) groups is 1. The molecule has 0 saturated carbocycles. The Labute approximate surface area is 131 Å². The molecule has 122 valence electrons. The molecule has 22 heavy (non-hydrogen) atoms. The number of ether oxygens (including phenoxy) is 3. The molecule has 0 aliphatic carbocycles. The van der Waals surface area contributed by atoms with E-state index in [1.807, 2.05) is 6.07 Å².